The van der Waals surface area contributed by atoms with E-state index in [1.165, 1.54) is 24.3 Å². The molecule has 0 aromatic heterocycles. The van der Waals surface area contributed by atoms with Crippen molar-refractivity contribution >= 4 is 27.5 Å². The van der Waals surface area contributed by atoms with E-state index in [2.05, 4.69) is 10.1 Å². The first kappa shape index (κ1) is 22.7. The topological polar surface area (TPSA) is 119 Å². The largest absolute Gasteiger partial charge is 0.573 e. The SMILES string of the molecule is NS(=O)(=O)c1ccc(CCNC2CC(=O)N(c3ccc(OC(F)(F)F)cc3)C2=O)cc1. The zero-order valence-corrected chi connectivity index (χ0v) is 16.7. The van der Waals surface area contributed by atoms with Crippen LogP contribution >= 0.6 is 0 Å². The van der Waals surface area contributed by atoms with E-state index >= 15 is 0 Å². The Morgan fingerprint density at radius 1 is 1.06 bits per heavy atom. The van der Waals surface area contributed by atoms with E-state index in [0.29, 0.717) is 13.0 Å². The molecule has 1 heterocycles. The van der Waals surface area contributed by atoms with Gasteiger partial charge >= 0.3 is 6.36 Å². The van der Waals surface area contributed by atoms with Crippen molar-refractivity contribution in [2.45, 2.75) is 30.1 Å². The van der Waals surface area contributed by atoms with Crippen molar-refractivity contribution in [2.75, 3.05) is 11.4 Å². The molecule has 1 aliphatic rings. The molecule has 31 heavy (non-hydrogen) atoms. The number of nitrogens with one attached hydrogen (secondary N) is 1. The molecule has 1 unspecified atom stereocenters. The number of carbonyl (C=O) groups is 2. The Bertz CT molecular complexity index is 1070. The van der Waals surface area contributed by atoms with Crippen molar-refractivity contribution in [3.63, 3.8) is 0 Å². The lowest BCUT2D eigenvalue weighted by molar-refractivity contribution is -0.274. The summed E-state index contributed by atoms with van der Waals surface area (Å²) in [4.78, 5) is 25.7. The molecule has 2 amide bonds. The first-order valence-electron chi connectivity index (χ1n) is 9.02. The molecule has 166 valence electrons. The van der Waals surface area contributed by atoms with E-state index in [1.807, 2.05) is 0 Å². The molecule has 0 saturated carbocycles. The number of rotatable bonds is 7. The first-order chi connectivity index (χ1) is 14.4. The van der Waals surface area contributed by atoms with Crippen LogP contribution in [0.2, 0.25) is 0 Å². The highest BCUT2D eigenvalue weighted by Gasteiger charge is 2.39. The maximum absolute atomic E-state index is 12.6. The maximum atomic E-state index is 12.6. The number of nitrogens with two attached hydrogens (primary N) is 1. The maximum Gasteiger partial charge on any atom is 0.573 e. The number of primary sulfonamides is 1. The molecule has 3 rings (SSSR count). The highest BCUT2D eigenvalue weighted by atomic mass is 32.2. The zero-order valence-electron chi connectivity index (χ0n) is 15.9. The van der Waals surface area contributed by atoms with Crippen LogP contribution in [0.3, 0.4) is 0 Å². The summed E-state index contributed by atoms with van der Waals surface area (Å²) in [7, 11) is -3.78. The number of alkyl halides is 3. The zero-order chi connectivity index (χ0) is 22.8. The average molecular weight is 457 g/mol. The fourth-order valence-corrected chi connectivity index (χ4v) is 3.61. The standard InChI is InChI=1S/C19H18F3N3O5S/c20-19(21,22)30-14-5-3-13(4-6-14)25-17(26)11-16(18(25)27)24-10-9-12-1-7-15(8-2-12)31(23,28)29/h1-8,16,24H,9-11H2,(H2,23,28,29). The number of benzene rings is 2. The lowest BCUT2D eigenvalue weighted by Gasteiger charge is -2.16. The van der Waals surface area contributed by atoms with Crippen LogP contribution < -0.4 is 20.1 Å². The molecule has 3 N–H and O–H groups in total. The minimum Gasteiger partial charge on any atom is -0.406 e. The van der Waals surface area contributed by atoms with Crippen LogP contribution in [0.1, 0.15) is 12.0 Å². The molecule has 0 aliphatic carbocycles. The minimum atomic E-state index is -4.84. The number of anilines is 1. The number of carbonyl (C=O) groups excluding carboxylic acids is 2. The van der Waals surface area contributed by atoms with E-state index in [9.17, 15) is 31.2 Å². The van der Waals surface area contributed by atoms with Crippen molar-refractivity contribution in [3.8, 4) is 5.75 Å². The number of sulfonamides is 1. The third-order valence-corrected chi connectivity index (χ3v) is 5.46. The lowest BCUT2D eigenvalue weighted by Crippen LogP contribution is -2.39. The summed E-state index contributed by atoms with van der Waals surface area (Å²) in [6.45, 7) is 0.338. The van der Waals surface area contributed by atoms with Gasteiger partial charge in [0.2, 0.25) is 15.9 Å². The predicted molar refractivity (Wildman–Crippen MR) is 104 cm³/mol. The van der Waals surface area contributed by atoms with E-state index in [1.54, 1.807) is 12.1 Å². The van der Waals surface area contributed by atoms with Crippen LogP contribution in [0.25, 0.3) is 0 Å². The molecule has 1 saturated heterocycles. The fourth-order valence-electron chi connectivity index (χ4n) is 3.10. The molecule has 8 nitrogen and oxygen atoms in total. The van der Waals surface area contributed by atoms with Crippen LogP contribution in [0, 0.1) is 0 Å². The second-order valence-electron chi connectivity index (χ2n) is 6.76. The Hall–Kier alpha value is -2.96. The first-order valence-corrected chi connectivity index (χ1v) is 10.6. The van der Waals surface area contributed by atoms with Gasteiger partial charge in [-0.25, -0.2) is 18.5 Å². The second-order valence-corrected chi connectivity index (χ2v) is 8.32. The van der Waals surface area contributed by atoms with Gasteiger partial charge in [-0.1, -0.05) is 12.1 Å². The van der Waals surface area contributed by atoms with Gasteiger partial charge in [-0.05, 0) is 54.9 Å². The van der Waals surface area contributed by atoms with E-state index in [4.69, 9.17) is 5.14 Å². The van der Waals surface area contributed by atoms with Gasteiger partial charge in [0.1, 0.15) is 5.75 Å². The van der Waals surface area contributed by atoms with Crippen LogP contribution in [0.15, 0.2) is 53.4 Å². The molecular formula is C19H18F3N3O5S. The van der Waals surface area contributed by atoms with Gasteiger partial charge < -0.3 is 10.1 Å². The Labute approximate surface area is 175 Å². The number of hydrogen-bond acceptors (Lipinski definition) is 6. The second kappa shape index (κ2) is 8.65. The number of ether oxygens (including phenoxy) is 1. The molecule has 2 aromatic carbocycles. The van der Waals surface area contributed by atoms with Gasteiger partial charge in [-0.3, -0.25) is 9.59 Å². The van der Waals surface area contributed by atoms with Crippen LogP contribution in [0.5, 0.6) is 5.75 Å². The van der Waals surface area contributed by atoms with Crippen molar-refractivity contribution in [2.24, 2.45) is 5.14 Å². The summed E-state index contributed by atoms with van der Waals surface area (Å²) in [6, 6.07) is 9.62. The molecule has 1 atom stereocenters. The molecule has 1 fully saturated rings. The minimum absolute atomic E-state index is 0.0110. The third-order valence-electron chi connectivity index (χ3n) is 4.53. The Kier molecular flexibility index (Phi) is 6.34. The normalized spacial score (nSPS) is 17.3. The molecule has 2 aromatic rings. The third kappa shape index (κ3) is 5.81. The molecular weight excluding hydrogens is 439 g/mol. The lowest BCUT2D eigenvalue weighted by atomic mass is 10.1. The molecule has 12 heteroatoms. The Morgan fingerprint density at radius 2 is 1.68 bits per heavy atom. The van der Waals surface area contributed by atoms with Gasteiger partial charge in [-0.15, -0.1) is 13.2 Å². The molecule has 0 spiro atoms. The number of imide groups is 1. The number of hydrogen-bond donors (Lipinski definition) is 2. The summed E-state index contributed by atoms with van der Waals surface area (Å²) < 4.78 is 63.0. The molecule has 0 radical (unpaired) electrons. The summed E-state index contributed by atoms with van der Waals surface area (Å²) >= 11 is 0. The Balaban J connectivity index is 1.58. The van der Waals surface area contributed by atoms with Crippen LogP contribution in [-0.4, -0.2) is 39.2 Å². The predicted octanol–water partition coefficient (Wildman–Crippen LogP) is 1.70. The average Bonchev–Trinajstić information content (AvgIpc) is 2.94. The van der Waals surface area contributed by atoms with Crippen molar-refractivity contribution < 1.29 is 35.9 Å². The van der Waals surface area contributed by atoms with Gasteiger partial charge in [0.05, 0.1) is 23.0 Å². The smallest absolute Gasteiger partial charge is 0.406 e. The highest BCUT2D eigenvalue weighted by molar-refractivity contribution is 7.89. The van der Waals surface area contributed by atoms with E-state index < -0.39 is 40.0 Å². The van der Waals surface area contributed by atoms with Gasteiger partial charge in [0.25, 0.3) is 5.91 Å². The summed E-state index contributed by atoms with van der Waals surface area (Å²) in [5, 5.41) is 8.01. The van der Waals surface area contributed by atoms with Gasteiger partial charge in [-0.2, -0.15) is 0 Å². The van der Waals surface area contributed by atoms with Gasteiger partial charge in [0.15, 0.2) is 0 Å². The highest BCUT2D eigenvalue weighted by Crippen LogP contribution is 2.28. The molecule has 0 bridgehead atoms. The van der Waals surface area contributed by atoms with Crippen molar-refractivity contribution in [1.29, 1.82) is 0 Å². The van der Waals surface area contributed by atoms with Crippen molar-refractivity contribution in [1.82, 2.24) is 5.32 Å². The quantitative estimate of drug-likeness (QED) is 0.611. The van der Waals surface area contributed by atoms with Crippen LogP contribution in [-0.2, 0) is 26.0 Å². The van der Waals surface area contributed by atoms with Crippen molar-refractivity contribution in [3.05, 3.63) is 54.1 Å². The monoisotopic (exact) mass is 457 g/mol. The summed E-state index contributed by atoms with van der Waals surface area (Å²) in [5.74, 6) is -1.46. The summed E-state index contributed by atoms with van der Waals surface area (Å²) in [6.07, 6.45) is -4.47. The number of nitrogens with zero attached hydrogens (tertiary/aromatic N) is 1. The van der Waals surface area contributed by atoms with E-state index in [-0.39, 0.29) is 17.0 Å². The molecule has 1 aliphatic heterocycles. The number of halogens is 3. The summed E-state index contributed by atoms with van der Waals surface area (Å²) in [5.41, 5.74) is 0.946. The number of amides is 2. The van der Waals surface area contributed by atoms with E-state index in [0.717, 1.165) is 22.6 Å². The Morgan fingerprint density at radius 3 is 2.23 bits per heavy atom. The fraction of sp³-hybridized carbons (Fsp3) is 0.263. The van der Waals surface area contributed by atoms with Crippen LogP contribution in [0.4, 0.5) is 18.9 Å². The van der Waals surface area contributed by atoms with Gasteiger partial charge in [0, 0.05) is 0 Å².